The number of nitrogens with zero attached hydrogens (tertiary/aromatic N) is 2. The summed E-state index contributed by atoms with van der Waals surface area (Å²) in [5, 5.41) is 9.16. The Labute approximate surface area is 79.6 Å². The monoisotopic (exact) mass is 187 g/mol. The third kappa shape index (κ3) is 1.15. The van der Waals surface area contributed by atoms with Crippen LogP contribution in [0.4, 0.5) is 10.1 Å². The number of rotatable bonds is 0. The Bertz CT molecular complexity index is 543. The van der Waals surface area contributed by atoms with Gasteiger partial charge in [0.05, 0.1) is 16.8 Å². The maximum atomic E-state index is 12.9. The number of hydrogen-bond donors (Lipinski definition) is 1. The van der Waals surface area contributed by atoms with Crippen LogP contribution in [-0.2, 0) is 0 Å². The number of hydrogen-bond acceptors (Lipinski definition) is 3. The maximum absolute atomic E-state index is 12.9. The van der Waals surface area contributed by atoms with E-state index >= 15 is 0 Å². The molecule has 3 nitrogen and oxygen atoms in total. The van der Waals surface area contributed by atoms with Crippen LogP contribution in [-0.4, -0.2) is 4.98 Å². The summed E-state index contributed by atoms with van der Waals surface area (Å²) in [4.78, 5) is 3.98. The zero-order valence-electron chi connectivity index (χ0n) is 7.16. The smallest absolute Gasteiger partial charge is 0.124 e. The van der Waals surface area contributed by atoms with Gasteiger partial charge in [-0.25, -0.2) is 4.39 Å². The second kappa shape index (κ2) is 2.96. The fraction of sp³-hybridized carbons (Fsp3) is 0. The molecule has 0 radical (unpaired) electrons. The van der Waals surface area contributed by atoms with Gasteiger partial charge in [-0.3, -0.25) is 4.98 Å². The molecule has 0 saturated heterocycles. The van der Waals surface area contributed by atoms with E-state index in [4.69, 9.17) is 11.0 Å². The third-order valence-corrected chi connectivity index (χ3v) is 1.99. The van der Waals surface area contributed by atoms with Gasteiger partial charge in [-0.2, -0.15) is 5.26 Å². The summed E-state index contributed by atoms with van der Waals surface area (Å²) in [6, 6.07) is 6.01. The first kappa shape index (κ1) is 8.45. The van der Waals surface area contributed by atoms with E-state index < -0.39 is 0 Å². The van der Waals surface area contributed by atoms with E-state index in [1.807, 2.05) is 6.07 Å². The molecule has 4 heteroatoms. The van der Waals surface area contributed by atoms with Crippen LogP contribution in [0.5, 0.6) is 0 Å². The molecular weight excluding hydrogens is 181 g/mol. The second-order valence-electron chi connectivity index (χ2n) is 2.86. The molecule has 2 rings (SSSR count). The van der Waals surface area contributed by atoms with Crippen molar-refractivity contribution in [2.24, 2.45) is 0 Å². The molecular formula is C10H6FN3. The number of nitrogen functional groups attached to an aromatic ring is 1. The summed E-state index contributed by atoms with van der Waals surface area (Å²) in [7, 11) is 0. The van der Waals surface area contributed by atoms with Crippen molar-refractivity contribution in [3.05, 3.63) is 35.8 Å². The van der Waals surface area contributed by atoms with Crippen molar-refractivity contribution in [1.29, 1.82) is 5.26 Å². The Morgan fingerprint density at radius 1 is 1.43 bits per heavy atom. The molecule has 0 saturated carbocycles. The Balaban J connectivity index is 2.88. The molecule has 0 aliphatic rings. The first-order valence-corrected chi connectivity index (χ1v) is 3.96. The molecule has 0 fully saturated rings. The van der Waals surface area contributed by atoms with E-state index in [2.05, 4.69) is 4.98 Å². The highest BCUT2D eigenvalue weighted by Gasteiger charge is 2.05. The fourth-order valence-electron chi connectivity index (χ4n) is 1.27. The largest absolute Gasteiger partial charge is 0.397 e. The summed E-state index contributed by atoms with van der Waals surface area (Å²) in [5.74, 6) is -0.388. The number of anilines is 1. The van der Waals surface area contributed by atoms with E-state index in [0.717, 1.165) is 0 Å². The van der Waals surface area contributed by atoms with Gasteiger partial charge < -0.3 is 5.73 Å². The molecule has 0 aliphatic carbocycles. The number of fused-ring (bicyclic) bond motifs is 1. The number of benzene rings is 1. The van der Waals surface area contributed by atoms with E-state index in [0.29, 0.717) is 10.9 Å². The normalized spacial score (nSPS) is 10.0. The van der Waals surface area contributed by atoms with Crippen LogP contribution in [0.2, 0.25) is 0 Å². The van der Waals surface area contributed by atoms with Crippen LogP contribution in [0.3, 0.4) is 0 Å². The summed E-state index contributed by atoms with van der Waals surface area (Å²) in [6.07, 6.45) is 1.38. The molecule has 0 amide bonds. The Morgan fingerprint density at radius 2 is 2.21 bits per heavy atom. The SMILES string of the molecule is N#Cc1cnc2ccc(F)cc2c1N. The molecule has 0 aliphatic heterocycles. The summed E-state index contributed by atoms with van der Waals surface area (Å²) < 4.78 is 12.9. The Kier molecular flexibility index (Phi) is 1.79. The molecule has 1 aromatic heterocycles. The van der Waals surface area contributed by atoms with Crippen molar-refractivity contribution in [3.63, 3.8) is 0 Å². The number of pyridine rings is 1. The van der Waals surface area contributed by atoms with Gasteiger partial charge in [0.2, 0.25) is 0 Å². The third-order valence-electron chi connectivity index (χ3n) is 1.99. The average molecular weight is 187 g/mol. The molecule has 2 N–H and O–H groups in total. The van der Waals surface area contributed by atoms with Gasteiger partial charge in [-0.05, 0) is 18.2 Å². The predicted octanol–water partition coefficient (Wildman–Crippen LogP) is 1.83. The van der Waals surface area contributed by atoms with Crippen LogP contribution >= 0.6 is 0 Å². The standard InChI is InChI=1S/C10H6FN3/c11-7-1-2-9-8(3-7)10(13)6(4-12)5-14-9/h1-3,5H,(H2,13,14). The minimum Gasteiger partial charge on any atom is -0.397 e. The minimum absolute atomic E-state index is 0.267. The van der Waals surface area contributed by atoms with E-state index in [9.17, 15) is 4.39 Å². The summed E-state index contributed by atoms with van der Waals surface area (Å²) >= 11 is 0. The van der Waals surface area contributed by atoms with Crippen molar-refractivity contribution in [3.8, 4) is 6.07 Å². The van der Waals surface area contributed by atoms with Crippen LogP contribution in [0, 0.1) is 17.1 Å². The zero-order valence-corrected chi connectivity index (χ0v) is 7.16. The van der Waals surface area contributed by atoms with Crippen molar-refractivity contribution >= 4 is 16.6 Å². The van der Waals surface area contributed by atoms with Crippen molar-refractivity contribution in [2.75, 3.05) is 5.73 Å². The van der Waals surface area contributed by atoms with Gasteiger partial charge in [0.15, 0.2) is 0 Å². The lowest BCUT2D eigenvalue weighted by Crippen LogP contribution is -1.94. The van der Waals surface area contributed by atoms with Crippen LogP contribution in [0.1, 0.15) is 5.56 Å². The number of halogens is 1. The molecule has 0 bridgehead atoms. The van der Waals surface area contributed by atoms with Gasteiger partial charge in [-0.15, -0.1) is 0 Å². The highest BCUT2D eigenvalue weighted by molar-refractivity contribution is 5.92. The molecule has 2 aromatic rings. The first-order chi connectivity index (χ1) is 6.72. The van der Waals surface area contributed by atoms with Crippen LogP contribution in [0.25, 0.3) is 10.9 Å². The van der Waals surface area contributed by atoms with Gasteiger partial charge in [0.1, 0.15) is 11.9 Å². The summed E-state index contributed by atoms with van der Waals surface area (Å²) in [5.41, 5.74) is 6.80. The predicted molar refractivity (Wildman–Crippen MR) is 50.8 cm³/mol. The van der Waals surface area contributed by atoms with Crippen molar-refractivity contribution < 1.29 is 4.39 Å². The topological polar surface area (TPSA) is 62.7 Å². The molecule has 0 unspecified atom stereocenters. The number of aromatic nitrogens is 1. The molecule has 0 atom stereocenters. The summed E-state index contributed by atoms with van der Waals surface area (Å²) in [6.45, 7) is 0. The van der Waals surface area contributed by atoms with Crippen LogP contribution < -0.4 is 5.73 Å². The van der Waals surface area contributed by atoms with E-state index in [1.165, 1.54) is 24.4 Å². The lowest BCUT2D eigenvalue weighted by molar-refractivity contribution is 0.629. The quantitative estimate of drug-likeness (QED) is 0.684. The number of nitrogens with two attached hydrogens (primary N) is 1. The zero-order chi connectivity index (χ0) is 10.1. The molecule has 1 heterocycles. The van der Waals surface area contributed by atoms with Crippen molar-refractivity contribution in [1.82, 2.24) is 4.98 Å². The molecule has 1 aromatic carbocycles. The van der Waals surface area contributed by atoms with Gasteiger partial charge in [0, 0.05) is 11.6 Å². The molecule has 68 valence electrons. The van der Waals surface area contributed by atoms with Gasteiger partial charge >= 0.3 is 0 Å². The highest BCUT2D eigenvalue weighted by Crippen LogP contribution is 2.22. The fourth-order valence-corrected chi connectivity index (χ4v) is 1.27. The first-order valence-electron chi connectivity index (χ1n) is 3.96. The molecule has 0 spiro atoms. The Hall–Kier alpha value is -2.15. The lowest BCUT2D eigenvalue weighted by Gasteiger charge is -2.02. The van der Waals surface area contributed by atoms with Gasteiger partial charge in [-0.1, -0.05) is 0 Å². The van der Waals surface area contributed by atoms with E-state index in [-0.39, 0.29) is 17.1 Å². The minimum atomic E-state index is -0.388. The number of nitriles is 1. The second-order valence-corrected chi connectivity index (χ2v) is 2.86. The van der Waals surface area contributed by atoms with Gasteiger partial charge in [0.25, 0.3) is 0 Å². The van der Waals surface area contributed by atoms with Crippen molar-refractivity contribution in [2.45, 2.75) is 0 Å². The lowest BCUT2D eigenvalue weighted by atomic mass is 10.1. The highest BCUT2D eigenvalue weighted by atomic mass is 19.1. The average Bonchev–Trinajstić information content (AvgIpc) is 2.20. The van der Waals surface area contributed by atoms with Crippen LogP contribution in [0.15, 0.2) is 24.4 Å². The maximum Gasteiger partial charge on any atom is 0.124 e. The van der Waals surface area contributed by atoms with E-state index in [1.54, 1.807) is 0 Å². The Morgan fingerprint density at radius 3 is 2.93 bits per heavy atom. The molecule has 14 heavy (non-hydrogen) atoms.